The van der Waals surface area contributed by atoms with E-state index in [9.17, 15) is 28.8 Å². The molecule has 216 valence electrons. The summed E-state index contributed by atoms with van der Waals surface area (Å²) in [6.45, 7) is 10.8. The zero-order chi connectivity index (χ0) is 29.2. The molecule has 0 spiro atoms. The highest BCUT2D eigenvalue weighted by Crippen LogP contribution is 2.28. The Morgan fingerprint density at radius 2 is 1.34 bits per heavy atom. The maximum absolute atomic E-state index is 13.2. The maximum Gasteiger partial charge on any atom is 0.408 e. The van der Waals surface area contributed by atoms with Crippen LogP contribution in [0.15, 0.2) is 0 Å². The zero-order valence-corrected chi connectivity index (χ0v) is 23.0. The molecule has 1 aliphatic heterocycles. The molecule has 1 fully saturated rings. The van der Waals surface area contributed by atoms with Crippen LogP contribution in [0.5, 0.6) is 0 Å². The molecular formula is C24H38N2O12. The van der Waals surface area contributed by atoms with Crippen LogP contribution in [-0.4, -0.2) is 84.8 Å². The fourth-order valence-corrected chi connectivity index (χ4v) is 3.59. The van der Waals surface area contributed by atoms with E-state index >= 15 is 0 Å². The molecule has 1 rings (SSSR count). The number of carbonyl (C=O) groups excluding carboxylic acids is 6. The monoisotopic (exact) mass is 546 g/mol. The Labute approximate surface area is 221 Å². The van der Waals surface area contributed by atoms with Crippen molar-refractivity contribution >= 4 is 35.9 Å². The van der Waals surface area contributed by atoms with E-state index in [0.29, 0.717) is 6.42 Å². The smallest absolute Gasteiger partial charge is 0.408 e. The first-order valence-electron chi connectivity index (χ1n) is 12.1. The summed E-state index contributed by atoms with van der Waals surface area (Å²) in [4.78, 5) is 72.6. The van der Waals surface area contributed by atoms with Crippen molar-refractivity contribution < 1.29 is 57.2 Å². The standard InChI is InChI=1S/C24H38N2O12/c1-9-10-16(25-23(32)38-24(6,7)8)21(31)26-22-20(36-15(5)30)19(35-14(4)29)18(34-13(3)28)17(37-22)11-33-12(2)27/h16-20,22H,9-11H2,1-8H3,(H,25,32)(H,26,31). The van der Waals surface area contributed by atoms with Gasteiger partial charge in [-0.25, -0.2) is 4.79 Å². The highest BCUT2D eigenvalue weighted by molar-refractivity contribution is 5.86. The van der Waals surface area contributed by atoms with Crippen molar-refractivity contribution in [2.45, 2.75) is 111 Å². The Kier molecular flexibility index (Phi) is 12.4. The number of hydrogen-bond donors (Lipinski definition) is 2. The summed E-state index contributed by atoms with van der Waals surface area (Å²) >= 11 is 0. The predicted molar refractivity (Wildman–Crippen MR) is 128 cm³/mol. The molecule has 2 amide bonds. The number of alkyl carbamates (subject to hydrolysis) is 1. The van der Waals surface area contributed by atoms with E-state index < -0.39 is 84.8 Å². The van der Waals surface area contributed by atoms with E-state index in [1.54, 1.807) is 27.7 Å². The van der Waals surface area contributed by atoms with Crippen LogP contribution >= 0.6 is 0 Å². The summed E-state index contributed by atoms with van der Waals surface area (Å²) in [5.41, 5.74) is -0.808. The van der Waals surface area contributed by atoms with Gasteiger partial charge in [-0.3, -0.25) is 24.0 Å². The summed E-state index contributed by atoms with van der Waals surface area (Å²) in [5, 5.41) is 5.03. The van der Waals surface area contributed by atoms with Crippen LogP contribution in [0.25, 0.3) is 0 Å². The molecule has 14 nitrogen and oxygen atoms in total. The molecule has 0 aromatic rings. The molecule has 14 heteroatoms. The molecule has 0 saturated carbocycles. The maximum atomic E-state index is 13.2. The van der Waals surface area contributed by atoms with Gasteiger partial charge >= 0.3 is 30.0 Å². The lowest BCUT2D eigenvalue weighted by Gasteiger charge is -2.44. The zero-order valence-electron chi connectivity index (χ0n) is 23.0. The first-order valence-corrected chi connectivity index (χ1v) is 12.1. The Morgan fingerprint density at radius 1 is 0.816 bits per heavy atom. The van der Waals surface area contributed by atoms with Gasteiger partial charge in [0.2, 0.25) is 5.91 Å². The van der Waals surface area contributed by atoms with Crippen molar-refractivity contribution in [2.75, 3.05) is 6.61 Å². The quantitative estimate of drug-likeness (QED) is 0.292. The van der Waals surface area contributed by atoms with Crippen LogP contribution in [0.3, 0.4) is 0 Å². The van der Waals surface area contributed by atoms with Crippen LogP contribution < -0.4 is 10.6 Å². The van der Waals surface area contributed by atoms with E-state index in [-0.39, 0.29) is 6.42 Å². The molecule has 0 aliphatic carbocycles. The van der Waals surface area contributed by atoms with E-state index in [2.05, 4.69) is 10.6 Å². The third-order valence-electron chi connectivity index (χ3n) is 4.86. The number of nitrogens with one attached hydrogen (secondary N) is 2. The predicted octanol–water partition coefficient (Wildman–Crippen LogP) is 0.879. The van der Waals surface area contributed by atoms with Gasteiger partial charge in [-0.2, -0.15) is 0 Å². The Bertz CT molecular complexity index is 884. The third-order valence-corrected chi connectivity index (χ3v) is 4.86. The van der Waals surface area contributed by atoms with E-state index in [0.717, 1.165) is 27.7 Å². The number of amides is 2. The molecule has 0 radical (unpaired) electrons. The van der Waals surface area contributed by atoms with Crippen LogP contribution in [-0.2, 0) is 52.4 Å². The summed E-state index contributed by atoms with van der Waals surface area (Å²) in [7, 11) is 0. The molecule has 6 unspecified atom stereocenters. The minimum atomic E-state index is -1.47. The van der Waals surface area contributed by atoms with Crippen molar-refractivity contribution in [3.63, 3.8) is 0 Å². The van der Waals surface area contributed by atoms with Gasteiger partial charge in [-0.1, -0.05) is 13.3 Å². The molecule has 38 heavy (non-hydrogen) atoms. The highest BCUT2D eigenvalue weighted by atomic mass is 16.7. The second-order valence-electron chi connectivity index (χ2n) is 9.62. The Hall–Kier alpha value is -3.42. The van der Waals surface area contributed by atoms with Gasteiger partial charge in [0.1, 0.15) is 24.4 Å². The normalized spacial score (nSPS) is 23.7. The molecule has 0 bridgehead atoms. The SMILES string of the molecule is CCCC(NC(=O)OC(C)(C)C)C(=O)NC1OC(COC(C)=O)C(OC(C)=O)C(OC(C)=O)C1OC(C)=O. The summed E-state index contributed by atoms with van der Waals surface area (Å²) in [5.74, 6) is -3.80. The van der Waals surface area contributed by atoms with Gasteiger partial charge in [-0.05, 0) is 27.2 Å². The lowest BCUT2D eigenvalue weighted by atomic mass is 9.97. The van der Waals surface area contributed by atoms with Crippen molar-refractivity contribution in [2.24, 2.45) is 0 Å². The Morgan fingerprint density at radius 3 is 1.82 bits per heavy atom. The highest BCUT2D eigenvalue weighted by Gasteiger charge is 2.53. The number of esters is 4. The molecule has 1 saturated heterocycles. The van der Waals surface area contributed by atoms with Gasteiger partial charge in [0.25, 0.3) is 0 Å². The van der Waals surface area contributed by atoms with Crippen molar-refractivity contribution in [3.05, 3.63) is 0 Å². The second kappa shape index (κ2) is 14.5. The lowest BCUT2D eigenvalue weighted by Crippen LogP contribution is -2.67. The molecular weight excluding hydrogens is 508 g/mol. The Balaban J connectivity index is 3.36. The summed E-state index contributed by atoms with van der Waals surface area (Å²) < 4.78 is 32.1. The van der Waals surface area contributed by atoms with Gasteiger partial charge in [0.05, 0.1) is 0 Å². The van der Waals surface area contributed by atoms with E-state index in [1.165, 1.54) is 0 Å². The van der Waals surface area contributed by atoms with Crippen LogP contribution in [0.1, 0.15) is 68.2 Å². The topological polar surface area (TPSA) is 182 Å². The van der Waals surface area contributed by atoms with Crippen LogP contribution in [0.4, 0.5) is 4.79 Å². The molecule has 0 aromatic carbocycles. The first-order chi connectivity index (χ1) is 17.5. The average Bonchev–Trinajstić information content (AvgIpc) is 2.73. The molecule has 0 aromatic heterocycles. The van der Waals surface area contributed by atoms with E-state index in [1.807, 2.05) is 0 Å². The van der Waals surface area contributed by atoms with Gasteiger partial charge in [0.15, 0.2) is 24.5 Å². The largest absolute Gasteiger partial charge is 0.463 e. The third kappa shape index (κ3) is 11.3. The van der Waals surface area contributed by atoms with Crippen molar-refractivity contribution in [1.82, 2.24) is 10.6 Å². The van der Waals surface area contributed by atoms with Crippen molar-refractivity contribution in [1.29, 1.82) is 0 Å². The van der Waals surface area contributed by atoms with Crippen molar-refractivity contribution in [3.8, 4) is 0 Å². The van der Waals surface area contributed by atoms with E-state index in [4.69, 9.17) is 28.4 Å². The fourth-order valence-electron chi connectivity index (χ4n) is 3.59. The minimum absolute atomic E-state index is 0.219. The lowest BCUT2D eigenvalue weighted by molar-refractivity contribution is -0.257. The number of carbonyl (C=O) groups is 6. The molecule has 1 heterocycles. The second-order valence-corrected chi connectivity index (χ2v) is 9.62. The van der Waals surface area contributed by atoms with Crippen LogP contribution in [0.2, 0.25) is 0 Å². The fraction of sp³-hybridized carbons (Fsp3) is 0.750. The number of ether oxygens (including phenoxy) is 6. The molecule has 2 N–H and O–H groups in total. The van der Waals surface area contributed by atoms with Gasteiger partial charge in [0, 0.05) is 27.7 Å². The summed E-state index contributed by atoms with van der Waals surface area (Å²) in [6, 6.07) is -1.07. The number of hydrogen-bond acceptors (Lipinski definition) is 12. The minimum Gasteiger partial charge on any atom is -0.463 e. The average molecular weight is 547 g/mol. The number of rotatable bonds is 10. The summed E-state index contributed by atoms with van der Waals surface area (Å²) in [6.07, 6.45) is -7.06. The van der Waals surface area contributed by atoms with Crippen LogP contribution in [0, 0.1) is 0 Å². The first kappa shape index (κ1) is 32.6. The molecule has 6 atom stereocenters. The van der Waals surface area contributed by atoms with Gasteiger partial charge < -0.3 is 39.1 Å². The van der Waals surface area contributed by atoms with Gasteiger partial charge in [-0.15, -0.1) is 0 Å². The molecule has 1 aliphatic rings.